The van der Waals surface area contributed by atoms with Crippen LogP contribution in [0.3, 0.4) is 0 Å². The van der Waals surface area contributed by atoms with Gasteiger partial charge < -0.3 is 10.1 Å². The van der Waals surface area contributed by atoms with Gasteiger partial charge >= 0.3 is 0 Å². The van der Waals surface area contributed by atoms with Crippen LogP contribution in [0.25, 0.3) is 11.3 Å². The zero-order valence-corrected chi connectivity index (χ0v) is 15.1. The van der Waals surface area contributed by atoms with Crippen LogP contribution in [0.5, 0.6) is 5.75 Å². The Kier molecular flexibility index (Phi) is 5.25. The van der Waals surface area contributed by atoms with Gasteiger partial charge in [0.25, 0.3) is 5.56 Å². The lowest BCUT2D eigenvalue weighted by Gasteiger charge is -2.10. The van der Waals surface area contributed by atoms with Gasteiger partial charge in [-0.2, -0.15) is 5.26 Å². The van der Waals surface area contributed by atoms with Crippen molar-refractivity contribution in [3.63, 3.8) is 0 Å². The maximum atomic E-state index is 12.3. The van der Waals surface area contributed by atoms with Gasteiger partial charge in [-0.15, -0.1) is 11.8 Å². The number of methoxy groups -OCH3 is 1. The van der Waals surface area contributed by atoms with Crippen LogP contribution < -0.4 is 15.6 Å². The third-order valence-electron chi connectivity index (χ3n) is 3.73. The fourth-order valence-electron chi connectivity index (χ4n) is 2.43. The third kappa shape index (κ3) is 3.71. The molecule has 0 aliphatic rings. The maximum absolute atomic E-state index is 12.3. The first-order valence-electron chi connectivity index (χ1n) is 7.74. The zero-order chi connectivity index (χ0) is 18.5. The first kappa shape index (κ1) is 17.6. The van der Waals surface area contributed by atoms with Gasteiger partial charge in [0, 0.05) is 16.1 Å². The monoisotopic (exact) mass is 364 g/mol. The van der Waals surface area contributed by atoms with Gasteiger partial charge in [0.2, 0.25) is 5.95 Å². The fraction of sp³-hybridized carbons (Fsp3) is 0.105. The molecule has 2 aromatic carbocycles. The number of hydrogen-bond acceptors (Lipinski definition) is 6. The third-order valence-corrected chi connectivity index (χ3v) is 4.45. The molecule has 0 saturated carbocycles. The van der Waals surface area contributed by atoms with Crippen LogP contribution in [-0.4, -0.2) is 23.3 Å². The molecule has 0 bridgehead atoms. The SMILES string of the molecule is COc1ccc(-c2nc(Nc3cccc(SC)c3)[nH]c(=O)c2C#N)cc1. The summed E-state index contributed by atoms with van der Waals surface area (Å²) >= 11 is 1.62. The normalized spacial score (nSPS) is 10.2. The minimum Gasteiger partial charge on any atom is -0.497 e. The Hall–Kier alpha value is -3.24. The molecule has 130 valence electrons. The van der Waals surface area contributed by atoms with E-state index in [1.165, 1.54) is 0 Å². The van der Waals surface area contributed by atoms with Crippen LogP contribution in [0.15, 0.2) is 58.2 Å². The van der Waals surface area contributed by atoms with Crippen LogP contribution in [0.4, 0.5) is 11.6 Å². The molecule has 0 saturated heterocycles. The van der Waals surface area contributed by atoms with E-state index in [0.717, 1.165) is 10.6 Å². The predicted octanol–water partition coefficient (Wildman–Crippen LogP) is 3.78. The maximum Gasteiger partial charge on any atom is 0.270 e. The van der Waals surface area contributed by atoms with Crippen LogP contribution in [0, 0.1) is 11.3 Å². The summed E-state index contributed by atoms with van der Waals surface area (Å²) in [7, 11) is 1.58. The molecule has 26 heavy (non-hydrogen) atoms. The first-order valence-corrected chi connectivity index (χ1v) is 8.97. The van der Waals surface area contributed by atoms with Gasteiger partial charge in [-0.1, -0.05) is 6.07 Å². The summed E-state index contributed by atoms with van der Waals surface area (Å²) in [5.74, 6) is 0.961. The van der Waals surface area contributed by atoms with Crippen LogP contribution in [0.1, 0.15) is 5.56 Å². The second-order valence-corrected chi connectivity index (χ2v) is 6.22. The van der Waals surface area contributed by atoms with Crippen LogP contribution in [-0.2, 0) is 0 Å². The topological polar surface area (TPSA) is 90.8 Å². The second kappa shape index (κ2) is 7.76. The summed E-state index contributed by atoms with van der Waals surface area (Å²) in [6.45, 7) is 0. The Morgan fingerprint density at radius 1 is 1.23 bits per heavy atom. The van der Waals surface area contributed by atoms with Crippen LogP contribution in [0.2, 0.25) is 0 Å². The van der Waals surface area contributed by atoms with Gasteiger partial charge in [0.15, 0.2) is 0 Å². The van der Waals surface area contributed by atoms with E-state index in [9.17, 15) is 10.1 Å². The van der Waals surface area contributed by atoms with E-state index in [2.05, 4.69) is 15.3 Å². The molecule has 0 amide bonds. The van der Waals surface area contributed by atoms with Crippen molar-refractivity contribution < 1.29 is 4.74 Å². The summed E-state index contributed by atoms with van der Waals surface area (Å²) in [5, 5.41) is 12.4. The van der Waals surface area contributed by atoms with Crippen molar-refractivity contribution in [3.8, 4) is 23.1 Å². The number of H-pyrrole nitrogens is 1. The van der Waals surface area contributed by atoms with Gasteiger partial charge in [-0.05, 0) is 48.7 Å². The largest absolute Gasteiger partial charge is 0.497 e. The molecule has 7 heteroatoms. The number of benzene rings is 2. The Bertz CT molecular complexity index is 1020. The summed E-state index contributed by atoms with van der Waals surface area (Å²) in [6.07, 6.45) is 1.99. The zero-order valence-electron chi connectivity index (χ0n) is 14.2. The van der Waals surface area contributed by atoms with Gasteiger partial charge in [-0.25, -0.2) is 4.98 Å². The molecule has 1 heterocycles. The molecule has 0 aliphatic heterocycles. The number of aromatic nitrogens is 2. The highest BCUT2D eigenvalue weighted by atomic mass is 32.2. The molecule has 3 rings (SSSR count). The number of nitriles is 1. The van der Waals surface area contributed by atoms with Crippen molar-refractivity contribution in [3.05, 3.63) is 64.4 Å². The predicted molar refractivity (Wildman–Crippen MR) is 103 cm³/mol. The number of ether oxygens (including phenoxy) is 1. The minimum atomic E-state index is -0.489. The molecule has 3 aromatic rings. The van der Waals surface area contributed by atoms with E-state index in [1.54, 1.807) is 43.1 Å². The highest BCUT2D eigenvalue weighted by Gasteiger charge is 2.13. The number of rotatable bonds is 5. The van der Waals surface area contributed by atoms with Crippen molar-refractivity contribution in [2.24, 2.45) is 0 Å². The lowest BCUT2D eigenvalue weighted by molar-refractivity contribution is 0.415. The van der Waals surface area contributed by atoms with E-state index in [-0.39, 0.29) is 11.5 Å². The Balaban J connectivity index is 2.03. The molecule has 0 aliphatic carbocycles. The number of thioether (sulfide) groups is 1. The van der Waals surface area contributed by atoms with Crippen molar-refractivity contribution in [1.82, 2.24) is 9.97 Å². The standard InChI is InChI=1S/C19H16N4O2S/c1-25-14-8-6-12(7-9-14)17-16(11-20)18(24)23-19(22-17)21-13-4-3-5-15(10-13)26-2/h3-10H,1-2H3,(H2,21,22,23,24). The van der Waals surface area contributed by atoms with Crippen molar-refractivity contribution in [2.75, 3.05) is 18.7 Å². The highest BCUT2D eigenvalue weighted by molar-refractivity contribution is 7.98. The molecule has 0 fully saturated rings. The van der Waals surface area contributed by atoms with Crippen LogP contribution >= 0.6 is 11.8 Å². The number of hydrogen-bond donors (Lipinski definition) is 2. The van der Waals surface area contributed by atoms with Crippen molar-refractivity contribution in [1.29, 1.82) is 5.26 Å². The van der Waals surface area contributed by atoms with Gasteiger partial charge in [0.05, 0.1) is 12.8 Å². The fourth-order valence-corrected chi connectivity index (χ4v) is 2.89. The summed E-state index contributed by atoms with van der Waals surface area (Å²) < 4.78 is 5.14. The summed E-state index contributed by atoms with van der Waals surface area (Å²) in [6, 6.07) is 16.7. The van der Waals surface area contributed by atoms with E-state index in [1.807, 2.05) is 36.6 Å². The molecular formula is C19H16N4O2S. The Morgan fingerprint density at radius 2 is 2.00 bits per heavy atom. The van der Waals surface area contributed by atoms with Crippen molar-refractivity contribution in [2.45, 2.75) is 4.90 Å². The number of aromatic amines is 1. The second-order valence-electron chi connectivity index (χ2n) is 5.34. The molecule has 0 radical (unpaired) electrons. The average molecular weight is 364 g/mol. The van der Waals surface area contributed by atoms with E-state index in [0.29, 0.717) is 17.0 Å². The molecule has 0 atom stereocenters. The summed E-state index contributed by atoms with van der Waals surface area (Å²) in [5.41, 5.74) is 1.26. The van der Waals surface area contributed by atoms with E-state index < -0.39 is 5.56 Å². The Labute approximate surface area is 154 Å². The lowest BCUT2D eigenvalue weighted by Crippen LogP contribution is -2.16. The van der Waals surface area contributed by atoms with E-state index in [4.69, 9.17) is 4.74 Å². The highest BCUT2D eigenvalue weighted by Crippen LogP contribution is 2.25. The van der Waals surface area contributed by atoms with E-state index >= 15 is 0 Å². The Morgan fingerprint density at radius 3 is 2.65 bits per heavy atom. The summed E-state index contributed by atoms with van der Waals surface area (Å²) in [4.78, 5) is 20.5. The molecule has 0 unspecified atom stereocenters. The molecular weight excluding hydrogens is 348 g/mol. The molecule has 0 spiro atoms. The van der Waals surface area contributed by atoms with Gasteiger partial charge in [-0.3, -0.25) is 9.78 Å². The number of anilines is 2. The molecule has 6 nitrogen and oxygen atoms in total. The van der Waals surface area contributed by atoms with Crippen molar-refractivity contribution >= 4 is 23.4 Å². The smallest absolute Gasteiger partial charge is 0.270 e. The van der Waals surface area contributed by atoms with Gasteiger partial charge in [0.1, 0.15) is 17.4 Å². The minimum absolute atomic E-state index is 0.0291. The average Bonchev–Trinajstić information content (AvgIpc) is 2.68. The molecule has 2 N–H and O–H groups in total. The lowest BCUT2D eigenvalue weighted by atomic mass is 10.1. The molecule has 1 aromatic heterocycles. The first-order chi connectivity index (χ1) is 12.6. The number of nitrogens with zero attached hydrogens (tertiary/aromatic N) is 2. The quantitative estimate of drug-likeness (QED) is 0.670. The number of nitrogens with one attached hydrogen (secondary N) is 2.